The molecule has 152 valence electrons. The molecule has 6 heteroatoms. The lowest BCUT2D eigenvalue weighted by Gasteiger charge is -2.17. The van der Waals surface area contributed by atoms with E-state index in [4.69, 9.17) is 4.74 Å². The zero-order chi connectivity index (χ0) is 21.7. The smallest absolute Gasteiger partial charge is 0.337 e. The number of benzene rings is 1. The second kappa shape index (κ2) is 9.24. The van der Waals surface area contributed by atoms with E-state index in [1.807, 2.05) is 52.8 Å². The van der Waals surface area contributed by atoms with Crippen molar-refractivity contribution in [2.24, 2.45) is 0 Å². The number of aryl methyl sites for hydroxylation is 2. The highest BCUT2D eigenvalue weighted by Crippen LogP contribution is 2.26. The van der Waals surface area contributed by atoms with Gasteiger partial charge in [-0.25, -0.2) is 4.79 Å². The van der Waals surface area contributed by atoms with Gasteiger partial charge in [0, 0.05) is 30.2 Å². The Morgan fingerprint density at radius 2 is 1.83 bits per heavy atom. The fraction of sp³-hybridized carbons (Fsp3) is 0.348. The van der Waals surface area contributed by atoms with Crippen molar-refractivity contribution >= 4 is 18.0 Å². The van der Waals surface area contributed by atoms with E-state index in [1.54, 1.807) is 23.1 Å². The Bertz CT molecular complexity index is 1010. The first-order chi connectivity index (χ1) is 13.8. The predicted molar refractivity (Wildman–Crippen MR) is 113 cm³/mol. The number of methoxy groups -OCH3 is 1. The summed E-state index contributed by atoms with van der Waals surface area (Å²) < 4.78 is 6.84. The Hall–Kier alpha value is -3.33. The molecule has 1 aromatic carbocycles. The first-order valence-electron chi connectivity index (χ1n) is 9.58. The van der Waals surface area contributed by atoms with Crippen LogP contribution < -0.4 is 0 Å². The lowest BCUT2D eigenvalue weighted by molar-refractivity contribution is -0.126. The standard InChI is InChI=1S/C23H27N3O3/c1-7-25(8-2)22(27)20(14-24)13-19-12-16(4)26(17(19)5)21-10-9-18(11-15(21)3)23(28)29-6/h9-13H,7-8H2,1-6H3/b20-13-. The average molecular weight is 393 g/mol. The quantitative estimate of drug-likeness (QED) is 0.423. The molecule has 2 aromatic rings. The highest BCUT2D eigenvalue weighted by Gasteiger charge is 2.18. The Balaban J connectivity index is 2.52. The van der Waals surface area contributed by atoms with Gasteiger partial charge in [-0.05, 0) is 76.1 Å². The van der Waals surface area contributed by atoms with Gasteiger partial charge < -0.3 is 14.2 Å². The van der Waals surface area contributed by atoms with Crippen molar-refractivity contribution in [3.05, 3.63) is 57.9 Å². The number of hydrogen-bond acceptors (Lipinski definition) is 4. The van der Waals surface area contributed by atoms with Crippen LogP contribution in [0.25, 0.3) is 11.8 Å². The van der Waals surface area contributed by atoms with Crippen LogP contribution in [0.3, 0.4) is 0 Å². The maximum absolute atomic E-state index is 12.6. The molecule has 1 aromatic heterocycles. The van der Waals surface area contributed by atoms with Crippen LogP contribution in [0.2, 0.25) is 0 Å². The van der Waals surface area contributed by atoms with Gasteiger partial charge in [-0.15, -0.1) is 0 Å². The van der Waals surface area contributed by atoms with Crippen molar-refractivity contribution in [2.45, 2.75) is 34.6 Å². The number of rotatable bonds is 6. The normalized spacial score (nSPS) is 11.1. The van der Waals surface area contributed by atoms with Gasteiger partial charge in [0.25, 0.3) is 5.91 Å². The van der Waals surface area contributed by atoms with E-state index in [-0.39, 0.29) is 17.4 Å². The molecule has 0 saturated heterocycles. The molecule has 0 bridgehead atoms. The summed E-state index contributed by atoms with van der Waals surface area (Å²) in [6.07, 6.45) is 1.65. The van der Waals surface area contributed by atoms with Crippen molar-refractivity contribution in [1.82, 2.24) is 9.47 Å². The molecule has 1 amide bonds. The summed E-state index contributed by atoms with van der Waals surface area (Å²) in [5, 5.41) is 9.52. The molecule has 0 unspecified atom stereocenters. The minimum absolute atomic E-state index is 0.117. The fourth-order valence-electron chi connectivity index (χ4n) is 3.43. The number of esters is 1. The van der Waals surface area contributed by atoms with Gasteiger partial charge >= 0.3 is 5.97 Å². The first kappa shape index (κ1) is 22.0. The van der Waals surface area contributed by atoms with E-state index in [2.05, 4.69) is 4.57 Å². The van der Waals surface area contributed by atoms with Crippen LogP contribution in [0, 0.1) is 32.1 Å². The molecule has 0 N–H and O–H groups in total. The molecule has 29 heavy (non-hydrogen) atoms. The lowest BCUT2D eigenvalue weighted by atomic mass is 10.1. The van der Waals surface area contributed by atoms with Crippen molar-refractivity contribution in [3.63, 3.8) is 0 Å². The third-order valence-electron chi connectivity index (χ3n) is 5.03. The highest BCUT2D eigenvalue weighted by atomic mass is 16.5. The van der Waals surface area contributed by atoms with Crippen LogP contribution in [0.1, 0.15) is 46.7 Å². The monoisotopic (exact) mass is 393 g/mol. The maximum atomic E-state index is 12.6. The molecule has 0 radical (unpaired) electrons. The molecule has 0 spiro atoms. The summed E-state index contributed by atoms with van der Waals surface area (Å²) in [5.41, 5.74) is 5.16. The number of ether oxygens (including phenoxy) is 1. The minimum atomic E-state index is -0.377. The Labute approximate surface area is 172 Å². The molecule has 0 aliphatic carbocycles. The van der Waals surface area contributed by atoms with Gasteiger partial charge in [0.1, 0.15) is 11.6 Å². The Morgan fingerprint density at radius 1 is 1.17 bits per heavy atom. The molecular formula is C23H27N3O3. The summed E-state index contributed by atoms with van der Waals surface area (Å²) in [6.45, 7) is 10.7. The van der Waals surface area contributed by atoms with Crippen LogP contribution in [0.5, 0.6) is 0 Å². The molecule has 0 atom stereocenters. The number of aromatic nitrogens is 1. The van der Waals surface area contributed by atoms with E-state index >= 15 is 0 Å². The number of nitriles is 1. The van der Waals surface area contributed by atoms with E-state index in [1.165, 1.54) is 7.11 Å². The summed E-state index contributed by atoms with van der Waals surface area (Å²) >= 11 is 0. The lowest BCUT2D eigenvalue weighted by Crippen LogP contribution is -2.31. The molecule has 1 heterocycles. The average Bonchev–Trinajstić information content (AvgIpc) is 2.99. The summed E-state index contributed by atoms with van der Waals surface area (Å²) in [6, 6.07) is 9.39. The molecule has 0 fully saturated rings. The van der Waals surface area contributed by atoms with E-state index in [0.717, 1.165) is 28.2 Å². The van der Waals surface area contributed by atoms with Gasteiger partial charge in [-0.2, -0.15) is 5.26 Å². The highest BCUT2D eigenvalue weighted by molar-refractivity contribution is 6.01. The number of likely N-dealkylation sites (N-methyl/N-ethyl adjacent to an activating group) is 1. The summed E-state index contributed by atoms with van der Waals surface area (Å²) in [7, 11) is 1.36. The van der Waals surface area contributed by atoms with Crippen LogP contribution >= 0.6 is 0 Å². The van der Waals surface area contributed by atoms with Gasteiger partial charge in [0.2, 0.25) is 0 Å². The number of carbonyl (C=O) groups excluding carboxylic acids is 2. The molecule has 6 nitrogen and oxygen atoms in total. The number of hydrogen-bond donors (Lipinski definition) is 0. The summed E-state index contributed by atoms with van der Waals surface area (Å²) in [5.74, 6) is -0.640. The molecule has 0 aliphatic heterocycles. The second-order valence-corrected chi connectivity index (χ2v) is 6.80. The minimum Gasteiger partial charge on any atom is -0.465 e. The number of nitrogens with zero attached hydrogens (tertiary/aromatic N) is 3. The van der Waals surface area contributed by atoms with Gasteiger partial charge in [0.15, 0.2) is 0 Å². The largest absolute Gasteiger partial charge is 0.465 e. The maximum Gasteiger partial charge on any atom is 0.337 e. The van der Waals surface area contributed by atoms with Gasteiger partial charge in [-0.1, -0.05) is 0 Å². The van der Waals surface area contributed by atoms with Crippen molar-refractivity contribution in [2.75, 3.05) is 20.2 Å². The van der Waals surface area contributed by atoms with E-state index in [0.29, 0.717) is 18.7 Å². The fourth-order valence-corrected chi connectivity index (χ4v) is 3.43. The first-order valence-corrected chi connectivity index (χ1v) is 9.58. The van der Waals surface area contributed by atoms with Crippen LogP contribution in [-0.2, 0) is 9.53 Å². The predicted octanol–water partition coefficient (Wildman–Crippen LogP) is 3.96. The number of carbonyl (C=O) groups is 2. The topological polar surface area (TPSA) is 75.3 Å². The Kier molecular flexibility index (Phi) is 7.00. The molecule has 2 rings (SSSR count). The number of amides is 1. The van der Waals surface area contributed by atoms with Crippen LogP contribution in [-0.4, -0.2) is 41.5 Å². The molecule has 0 aliphatic rings. The SMILES string of the molecule is CCN(CC)C(=O)/C(C#N)=C\c1cc(C)n(-c2ccc(C(=O)OC)cc2C)c1C. The van der Waals surface area contributed by atoms with Gasteiger partial charge in [-0.3, -0.25) is 4.79 Å². The third kappa shape index (κ3) is 4.40. The third-order valence-corrected chi connectivity index (χ3v) is 5.03. The van der Waals surface area contributed by atoms with Crippen molar-refractivity contribution < 1.29 is 14.3 Å². The zero-order valence-electron chi connectivity index (χ0n) is 17.9. The van der Waals surface area contributed by atoms with E-state index in [9.17, 15) is 14.9 Å². The molecule has 0 saturated carbocycles. The van der Waals surface area contributed by atoms with Gasteiger partial charge in [0.05, 0.1) is 12.7 Å². The second-order valence-electron chi connectivity index (χ2n) is 6.80. The van der Waals surface area contributed by atoms with Crippen molar-refractivity contribution in [3.8, 4) is 11.8 Å². The van der Waals surface area contributed by atoms with E-state index < -0.39 is 0 Å². The summed E-state index contributed by atoms with van der Waals surface area (Å²) in [4.78, 5) is 26.0. The van der Waals surface area contributed by atoms with Crippen molar-refractivity contribution in [1.29, 1.82) is 5.26 Å². The molecular weight excluding hydrogens is 366 g/mol. The Morgan fingerprint density at radius 3 is 2.34 bits per heavy atom. The van der Waals surface area contributed by atoms with Crippen LogP contribution in [0.4, 0.5) is 0 Å². The van der Waals surface area contributed by atoms with Crippen LogP contribution in [0.15, 0.2) is 29.8 Å². The zero-order valence-corrected chi connectivity index (χ0v) is 17.9.